The molecule has 1 amide bonds. The Kier molecular flexibility index (Phi) is 4.79. The lowest BCUT2D eigenvalue weighted by Crippen LogP contribution is -2.32. The smallest absolute Gasteiger partial charge is 0.282 e. The van der Waals surface area contributed by atoms with Crippen molar-refractivity contribution >= 4 is 32.7 Å². The van der Waals surface area contributed by atoms with Crippen LogP contribution in [-0.2, 0) is 10.0 Å². The Morgan fingerprint density at radius 3 is 2.37 bits per heavy atom. The number of nitrogens with one attached hydrogen (secondary N) is 1. The van der Waals surface area contributed by atoms with Crippen molar-refractivity contribution in [1.29, 1.82) is 0 Å². The SMILES string of the molecule is Cc1ccc(-n2c(C(=O)NS(=O)(=O)c3cccc(N)n3)cc3cc(C)ccc32)cc1. The van der Waals surface area contributed by atoms with Crippen molar-refractivity contribution in [3.63, 3.8) is 0 Å². The van der Waals surface area contributed by atoms with E-state index in [0.717, 1.165) is 27.7 Å². The first-order valence-electron chi connectivity index (χ1n) is 9.23. The van der Waals surface area contributed by atoms with Gasteiger partial charge in [0.1, 0.15) is 11.5 Å². The zero-order chi connectivity index (χ0) is 21.5. The third-order valence-electron chi connectivity index (χ3n) is 4.73. The summed E-state index contributed by atoms with van der Waals surface area (Å²) in [4.78, 5) is 16.9. The zero-order valence-electron chi connectivity index (χ0n) is 16.5. The maximum atomic E-state index is 13.1. The van der Waals surface area contributed by atoms with Gasteiger partial charge in [-0.2, -0.15) is 8.42 Å². The van der Waals surface area contributed by atoms with Crippen molar-refractivity contribution in [2.45, 2.75) is 18.9 Å². The molecule has 7 nitrogen and oxygen atoms in total. The van der Waals surface area contributed by atoms with E-state index in [9.17, 15) is 13.2 Å². The summed E-state index contributed by atoms with van der Waals surface area (Å²) in [5, 5.41) is 0.518. The fraction of sp³-hybridized carbons (Fsp3) is 0.0909. The normalized spacial score (nSPS) is 11.5. The molecule has 30 heavy (non-hydrogen) atoms. The Hall–Kier alpha value is -3.65. The summed E-state index contributed by atoms with van der Waals surface area (Å²) >= 11 is 0. The molecule has 2 heterocycles. The van der Waals surface area contributed by atoms with Gasteiger partial charge in [-0.05, 0) is 56.3 Å². The third-order valence-corrected chi connectivity index (χ3v) is 5.96. The van der Waals surface area contributed by atoms with Gasteiger partial charge in [0.2, 0.25) is 0 Å². The number of nitrogens with zero attached hydrogens (tertiary/aromatic N) is 2. The van der Waals surface area contributed by atoms with Crippen molar-refractivity contribution < 1.29 is 13.2 Å². The minimum Gasteiger partial charge on any atom is -0.384 e. The van der Waals surface area contributed by atoms with Gasteiger partial charge in [-0.15, -0.1) is 0 Å². The van der Waals surface area contributed by atoms with Gasteiger partial charge < -0.3 is 10.3 Å². The highest BCUT2D eigenvalue weighted by atomic mass is 32.2. The van der Waals surface area contributed by atoms with Gasteiger partial charge in [0.05, 0.1) is 5.52 Å². The van der Waals surface area contributed by atoms with Crippen LogP contribution >= 0.6 is 0 Å². The van der Waals surface area contributed by atoms with Crippen molar-refractivity contribution in [2.24, 2.45) is 0 Å². The predicted octanol–water partition coefficient (Wildman–Crippen LogP) is 3.34. The number of nitrogen functional groups attached to an aromatic ring is 1. The molecule has 4 aromatic rings. The van der Waals surface area contributed by atoms with E-state index in [2.05, 4.69) is 9.71 Å². The number of hydrogen-bond donors (Lipinski definition) is 2. The second-order valence-electron chi connectivity index (χ2n) is 7.10. The molecule has 0 aliphatic carbocycles. The Balaban J connectivity index is 1.82. The van der Waals surface area contributed by atoms with E-state index < -0.39 is 15.9 Å². The van der Waals surface area contributed by atoms with Gasteiger partial charge in [-0.25, -0.2) is 9.71 Å². The van der Waals surface area contributed by atoms with Gasteiger partial charge in [0.15, 0.2) is 5.03 Å². The number of carbonyl (C=O) groups excluding carboxylic acids is 1. The van der Waals surface area contributed by atoms with E-state index in [-0.39, 0.29) is 16.5 Å². The van der Waals surface area contributed by atoms with Crippen LogP contribution in [0, 0.1) is 13.8 Å². The molecule has 0 spiro atoms. The molecule has 2 aromatic heterocycles. The highest BCUT2D eigenvalue weighted by Gasteiger charge is 2.24. The molecule has 0 unspecified atom stereocenters. The summed E-state index contributed by atoms with van der Waals surface area (Å²) in [6.45, 7) is 3.93. The van der Waals surface area contributed by atoms with Crippen LogP contribution in [-0.4, -0.2) is 23.9 Å². The molecule has 0 aliphatic heterocycles. The molecule has 3 N–H and O–H groups in total. The summed E-state index contributed by atoms with van der Waals surface area (Å²) < 4.78 is 29.2. The second-order valence-corrected chi connectivity index (χ2v) is 8.73. The summed E-state index contributed by atoms with van der Waals surface area (Å²) in [5.74, 6) is -0.705. The van der Waals surface area contributed by atoms with Crippen molar-refractivity contribution in [2.75, 3.05) is 5.73 Å². The molecule has 0 bridgehead atoms. The van der Waals surface area contributed by atoms with E-state index in [4.69, 9.17) is 5.73 Å². The third kappa shape index (κ3) is 3.65. The molecular weight excluding hydrogens is 400 g/mol. The number of carbonyl (C=O) groups is 1. The number of benzene rings is 2. The summed E-state index contributed by atoms with van der Waals surface area (Å²) in [6.07, 6.45) is 0. The number of nitrogens with two attached hydrogens (primary N) is 1. The topological polar surface area (TPSA) is 107 Å². The number of amides is 1. The lowest BCUT2D eigenvalue weighted by atomic mass is 10.2. The molecule has 0 saturated heterocycles. The van der Waals surface area contributed by atoms with E-state index in [1.165, 1.54) is 18.2 Å². The van der Waals surface area contributed by atoms with Gasteiger partial charge in [-0.1, -0.05) is 35.4 Å². The van der Waals surface area contributed by atoms with Gasteiger partial charge in [0.25, 0.3) is 15.9 Å². The van der Waals surface area contributed by atoms with Crippen LogP contribution in [0.5, 0.6) is 0 Å². The van der Waals surface area contributed by atoms with Crippen molar-refractivity contribution in [1.82, 2.24) is 14.3 Å². The number of rotatable bonds is 4. The van der Waals surface area contributed by atoms with E-state index in [1.54, 1.807) is 10.6 Å². The van der Waals surface area contributed by atoms with Gasteiger partial charge in [0, 0.05) is 11.1 Å². The number of aromatic nitrogens is 2. The van der Waals surface area contributed by atoms with Crippen LogP contribution in [0.2, 0.25) is 0 Å². The zero-order valence-corrected chi connectivity index (χ0v) is 17.3. The van der Waals surface area contributed by atoms with Crippen LogP contribution in [0.4, 0.5) is 5.82 Å². The molecular formula is C22H20N4O3S. The molecule has 8 heteroatoms. The van der Waals surface area contributed by atoms with Crippen LogP contribution in [0.25, 0.3) is 16.6 Å². The Morgan fingerprint density at radius 1 is 0.967 bits per heavy atom. The molecule has 2 aromatic carbocycles. The predicted molar refractivity (Wildman–Crippen MR) is 116 cm³/mol. The molecule has 0 atom stereocenters. The molecule has 152 valence electrons. The standard InChI is InChI=1S/C22H20N4O3S/c1-14-6-9-17(10-7-14)26-18-11-8-15(2)12-16(18)13-19(26)22(27)25-30(28,29)21-5-3-4-20(23)24-21/h3-13H,1-2H3,(H2,23,24)(H,25,27). The number of sulfonamides is 1. The first kappa shape index (κ1) is 19.7. The lowest BCUT2D eigenvalue weighted by molar-refractivity contribution is 0.0975. The quantitative estimate of drug-likeness (QED) is 0.527. The number of hydrogen-bond acceptors (Lipinski definition) is 5. The number of anilines is 1. The molecule has 0 aliphatic rings. The molecule has 0 fully saturated rings. The summed E-state index contributed by atoms with van der Waals surface area (Å²) in [5.41, 5.74) is 9.45. The number of fused-ring (bicyclic) bond motifs is 1. The van der Waals surface area contributed by atoms with Crippen LogP contribution < -0.4 is 10.5 Å². The average molecular weight is 420 g/mol. The largest absolute Gasteiger partial charge is 0.384 e. The van der Waals surface area contributed by atoms with Crippen molar-refractivity contribution in [3.8, 4) is 5.69 Å². The van der Waals surface area contributed by atoms with E-state index >= 15 is 0 Å². The highest BCUT2D eigenvalue weighted by Crippen LogP contribution is 2.26. The summed E-state index contributed by atoms with van der Waals surface area (Å²) in [7, 11) is -4.19. The van der Waals surface area contributed by atoms with Crippen LogP contribution in [0.3, 0.4) is 0 Å². The average Bonchev–Trinajstić information content (AvgIpc) is 3.07. The van der Waals surface area contributed by atoms with Gasteiger partial charge >= 0.3 is 0 Å². The van der Waals surface area contributed by atoms with E-state index in [1.807, 2.05) is 56.3 Å². The maximum absolute atomic E-state index is 13.1. The summed E-state index contributed by atoms with van der Waals surface area (Å²) in [6, 6.07) is 19.4. The molecule has 4 rings (SSSR count). The monoisotopic (exact) mass is 420 g/mol. The number of pyridine rings is 1. The minimum absolute atomic E-state index is 0.0505. The lowest BCUT2D eigenvalue weighted by Gasteiger charge is -2.12. The molecule has 0 saturated carbocycles. The molecule has 0 radical (unpaired) electrons. The maximum Gasteiger partial charge on any atom is 0.282 e. The van der Waals surface area contributed by atoms with Gasteiger partial charge in [-0.3, -0.25) is 4.79 Å². The van der Waals surface area contributed by atoms with Crippen LogP contribution in [0.1, 0.15) is 21.6 Å². The second kappa shape index (κ2) is 7.31. The fourth-order valence-electron chi connectivity index (χ4n) is 3.28. The Bertz CT molecular complexity index is 1370. The first-order chi connectivity index (χ1) is 14.2. The minimum atomic E-state index is -4.19. The van der Waals surface area contributed by atoms with Crippen molar-refractivity contribution in [3.05, 3.63) is 83.6 Å². The Morgan fingerprint density at radius 2 is 1.67 bits per heavy atom. The Labute approximate surface area is 174 Å². The fourth-order valence-corrected chi connectivity index (χ4v) is 4.22. The van der Waals surface area contributed by atoms with E-state index in [0.29, 0.717) is 0 Å². The van der Waals surface area contributed by atoms with Crippen LogP contribution in [0.15, 0.2) is 71.8 Å². The number of aryl methyl sites for hydroxylation is 2. The highest BCUT2D eigenvalue weighted by molar-refractivity contribution is 7.90. The first-order valence-corrected chi connectivity index (χ1v) is 10.7.